The van der Waals surface area contributed by atoms with Gasteiger partial charge in [-0.25, -0.2) is 9.37 Å². The van der Waals surface area contributed by atoms with E-state index >= 15 is 0 Å². The number of thioether (sulfide) groups is 1. The van der Waals surface area contributed by atoms with Crippen LogP contribution in [-0.2, 0) is 34.5 Å². The van der Waals surface area contributed by atoms with Crippen LogP contribution in [0.1, 0.15) is 40.2 Å². The molecule has 1 spiro atoms. The number of aromatic hydroxyl groups is 1. The number of alkyl halides is 3. The molecule has 2 N–H and O–H groups in total. The van der Waals surface area contributed by atoms with Gasteiger partial charge < -0.3 is 24.6 Å². The van der Waals surface area contributed by atoms with Gasteiger partial charge in [0.2, 0.25) is 11.7 Å². The number of nitrogens with one attached hydrogen (secondary N) is 1. The molecule has 0 bridgehead atoms. The first-order valence-corrected chi connectivity index (χ1v) is 17.0. The number of carbonyl (C=O) groups is 2. The fourth-order valence-corrected chi connectivity index (χ4v) is 7.07. The molecule has 51 heavy (non-hydrogen) atoms. The Balaban J connectivity index is 1.27. The maximum atomic E-state index is 14.8. The number of hydrogen-bond donors (Lipinski definition) is 2. The van der Waals surface area contributed by atoms with E-state index in [1.54, 1.807) is 18.4 Å². The Labute approximate surface area is 295 Å². The lowest BCUT2D eigenvalue weighted by Crippen LogP contribution is -2.47. The number of carbonyl (C=O) groups excluding carboxylic acids is 2. The summed E-state index contributed by atoms with van der Waals surface area (Å²) >= 11 is 7.30. The SMILES string of the molecule is CSc1ccc(-c2nc3n(CC(=O)Nc4ccc(C(F)(F)F)cc4Cl)c4c(c(=O)n3n2)C2(CCN(C(=O)c3ncccc3O)CC2)OC4)cc1F. The zero-order valence-electron chi connectivity index (χ0n) is 26.5. The van der Waals surface area contributed by atoms with E-state index in [-0.39, 0.29) is 77.4 Å². The van der Waals surface area contributed by atoms with Crippen LogP contribution in [0.2, 0.25) is 5.02 Å². The lowest BCUT2D eigenvalue weighted by Gasteiger charge is -2.38. The predicted molar refractivity (Wildman–Crippen MR) is 177 cm³/mol. The van der Waals surface area contributed by atoms with Crippen LogP contribution >= 0.6 is 23.4 Å². The van der Waals surface area contributed by atoms with Crippen molar-refractivity contribution in [3.05, 3.63) is 98.4 Å². The topological polar surface area (TPSA) is 144 Å². The van der Waals surface area contributed by atoms with Crippen LogP contribution in [0.25, 0.3) is 17.2 Å². The number of anilines is 1. The number of ether oxygens (including phenoxy) is 1. The second-order valence-electron chi connectivity index (χ2n) is 11.9. The highest BCUT2D eigenvalue weighted by atomic mass is 35.5. The normalized spacial score (nSPS) is 15.4. The molecule has 2 aliphatic rings. The number of benzene rings is 2. The molecule has 0 radical (unpaired) electrons. The highest BCUT2D eigenvalue weighted by molar-refractivity contribution is 7.98. The van der Waals surface area contributed by atoms with Crippen molar-refractivity contribution >= 4 is 46.6 Å². The maximum Gasteiger partial charge on any atom is 0.416 e. The molecule has 5 aromatic rings. The van der Waals surface area contributed by atoms with Gasteiger partial charge in [0.05, 0.1) is 34.1 Å². The zero-order chi connectivity index (χ0) is 36.2. The number of rotatable bonds is 6. The zero-order valence-corrected chi connectivity index (χ0v) is 28.1. The Morgan fingerprint density at radius 2 is 1.90 bits per heavy atom. The van der Waals surface area contributed by atoms with Gasteiger partial charge in [0.1, 0.15) is 23.7 Å². The average Bonchev–Trinajstić information content (AvgIpc) is 3.71. The molecular weight excluding hydrogens is 718 g/mol. The van der Waals surface area contributed by atoms with Crippen LogP contribution in [0.15, 0.2) is 64.4 Å². The van der Waals surface area contributed by atoms with Crippen LogP contribution in [0.4, 0.5) is 23.2 Å². The number of hydrogen-bond acceptors (Lipinski definition) is 9. The van der Waals surface area contributed by atoms with E-state index in [9.17, 15) is 37.1 Å². The molecule has 264 valence electrons. The van der Waals surface area contributed by atoms with Crippen molar-refractivity contribution < 1.29 is 37.0 Å². The Bertz CT molecular complexity index is 2290. The quantitative estimate of drug-likeness (QED) is 0.170. The van der Waals surface area contributed by atoms with E-state index in [1.165, 1.54) is 45.6 Å². The van der Waals surface area contributed by atoms with E-state index in [4.69, 9.17) is 16.3 Å². The molecule has 7 rings (SSSR count). The molecule has 0 saturated carbocycles. The second kappa shape index (κ2) is 13.0. The first-order valence-electron chi connectivity index (χ1n) is 15.4. The third-order valence-corrected chi connectivity index (χ3v) is 10.0. The lowest BCUT2D eigenvalue weighted by molar-refractivity contribution is -0.137. The second-order valence-corrected chi connectivity index (χ2v) is 13.2. The summed E-state index contributed by atoms with van der Waals surface area (Å²) in [6.07, 6.45) is -1.18. The number of halogens is 5. The molecular formula is C33H26ClF4N7O5S. The molecule has 3 aromatic heterocycles. The average molecular weight is 744 g/mol. The summed E-state index contributed by atoms with van der Waals surface area (Å²) in [7, 11) is 0. The highest BCUT2D eigenvalue weighted by Crippen LogP contribution is 2.43. The molecule has 0 atom stereocenters. The van der Waals surface area contributed by atoms with E-state index in [2.05, 4.69) is 20.4 Å². The van der Waals surface area contributed by atoms with Crippen molar-refractivity contribution in [2.75, 3.05) is 24.7 Å². The largest absolute Gasteiger partial charge is 0.505 e. The number of aromatic nitrogens is 5. The van der Waals surface area contributed by atoms with Gasteiger partial charge in [-0.3, -0.25) is 14.4 Å². The monoisotopic (exact) mass is 743 g/mol. The smallest absolute Gasteiger partial charge is 0.416 e. The fourth-order valence-electron chi connectivity index (χ4n) is 6.38. The van der Waals surface area contributed by atoms with Gasteiger partial charge in [-0.2, -0.15) is 22.7 Å². The first kappa shape index (κ1) is 34.4. The molecule has 12 nitrogen and oxygen atoms in total. The van der Waals surface area contributed by atoms with Crippen LogP contribution in [0.3, 0.4) is 0 Å². The number of nitrogens with zero attached hydrogens (tertiary/aromatic N) is 6. The Hall–Kier alpha value is -5.00. The molecule has 5 heterocycles. The van der Waals surface area contributed by atoms with Gasteiger partial charge in [-0.1, -0.05) is 11.6 Å². The highest BCUT2D eigenvalue weighted by Gasteiger charge is 2.48. The van der Waals surface area contributed by atoms with Gasteiger partial charge in [-0.05, 0) is 67.6 Å². The third-order valence-electron chi connectivity index (χ3n) is 8.92. The van der Waals surface area contributed by atoms with Gasteiger partial charge in [-0.15, -0.1) is 16.9 Å². The number of piperidine rings is 1. The van der Waals surface area contributed by atoms with Crippen LogP contribution < -0.4 is 10.9 Å². The van der Waals surface area contributed by atoms with E-state index in [0.29, 0.717) is 16.7 Å². The van der Waals surface area contributed by atoms with Crippen molar-refractivity contribution in [1.29, 1.82) is 0 Å². The summed E-state index contributed by atoms with van der Waals surface area (Å²) in [5.41, 5.74) is -2.15. The number of amides is 2. The Morgan fingerprint density at radius 1 is 1.14 bits per heavy atom. The van der Waals surface area contributed by atoms with Gasteiger partial charge in [0, 0.05) is 29.7 Å². The first-order chi connectivity index (χ1) is 24.3. The van der Waals surface area contributed by atoms with Crippen molar-refractivity contribution in [1.82, 2.24) is 29.0 Å². The predicted octanol–water partition coefficient (Wildman–Crippen LogP) is 5.49. The van der Waals surface area contributed by atoms with Gasteiger partial charge >= 0.3 is 6.18 Å². The molecule has 1 saturated heterocycles. The Kier molecular flexibility index (Phi) is 8.75. The minimum absolute atomic E-state index is 0.00724. The van der Waals surface area contributed by atoms with E-state index < -0.39 is 47.1 Å². The molecule has 0 aliphatic carbocycles. The van der Waals surface area contributed by atoms with Crippen LogP contribution in [0.5, 0.6) is 5.75 Å². The lowest BCUT2D eigenvalue weighted by atomic mass is 9.85. The summed E-state index contributed by atoms with van der Waals surface area (Å²) in [5, 5.41) is 16.8. The summed E-state index contributed by atoms with van der Waals surface area (Å²) in [6.45, 7) is -0.321. The summed E-state index contributed by atoms with van der Waals surface area (Å²) < 4.78 is 63.1. The van der Waals surface area contributed by atoms with Crippen molar-refractivity contribution in [3.8, 4) is 17.1 Å². The number of pyridine rings is 1. The molecule has 1 fully saturated rings. The molecule has 18 heteroatoms. The standard InChI is InChI=1S/C33H26ClF4N7O5S/c1-51-24-7-4-17(13-20(24)35)28-41-31-44(15-25(47)40-21-6-5-18(14-19(21)34)33(36,37)38)22-16-50-32(26(22)29(48)45(31)42-28)8-11-43(12-9-32)30(49)27-23(46)3-2-10-39-27/h2-7,10,13-14,46H,8-9,11-12,15-16H2,1H3,(H,40,47). The van der Waals surface area contributed by atoms with Crippen LogP contribution in [-0.4, -0.2) is 65.3 Å². The number of fused-ring (bicyclic) bond motifs is 3. The summed E-state index contributed by atoms with van der Waals surface area (Å²) in [4.78, 5) is 51.3. The van der Waals surface area contributed by atoms with E-state index in [0.717, 1.165) is 16.6 Å². The minimum atomic E-state index is -4.64. The third kappa shape index (κ3) is 6.18. The maximum absolute atomic E-state index is 14.8. The summed E-state index contributed by atoms with van der Waals surface area (Å²) in [5.74, 6) is -2.04. The van der Waals surface area contributed by atoms with E-state index in [1.807, 2.05) is 0 Å². The van der Waals surface area contributed by atoms with Gasteiger partial charge in [0.15, 0.2) is 11.5 Å². The fraction of sp³-hybridized carbons (Fsp3) is 0.273. The Morgan fingerprint density at radius 3 is 2.57 bits per heavy atom. The van der Waals surface area contributed by atoms with Crippen molar-refractivity contribution in [2.45, 2.75) is 42.7 Å². The molecule has 2 aromatic carbocycles. The molecule has 0 unspecified atom stereocenters. The molecule has 2 aliphatic heterocycles. The number of likely N-dealkylation sites (tertiary alicyclic amines) is 1. The molecule has 2 amide bonds. The van der Waals surface area contributed by atoms with Crippen molar-refractivity contribution in [3.63, 3.8) is 0 Å². The van der Waals surface area contributed by atoms with Crippen molar-refractivity contribution in [2.24, 2.45) is 0 Å². The summed E-state index contributed by atoms with van der Waals surface area (Å²) in [6, 6.07) is 9.76. The van der Waals surface area contributed by atoms with Crippen LogP contribution in [0, 0.1) is 5.82 Å². The van der Waals surface area contributed by atoms with Gasteiger partial charge in [0.25, 0.3) is 11.5 Å². The minimum Gasteiger partial charge on any atom is -0.505 e.